The molecule has 0 heterocycles. The third-order valence-electron chi connectivity index (χ3n) is 2.82. The van der Waals surface area contributed by atoms with Gasteiger partial charge >= 0.3 is 0 Å². The molecule has 0 aromatic heterocycles. The van der Waals surface area contributed by atoms with Gasteiger partial charge in [-0.2, -0.15) is 0 Å². The second-order valence-corrected chi connectivity index (χ2v) is 4.19. The Morgan fingerprint density at radius 1 is 1.12 bits per heavy atom. The fourth-order valence-corrected chi connectivity index (χ4v) is 1.83. The standard InChI is InChI=1S/C14H18O2/c1-4-12(9-10(2)15)14-7-5-13(6-8-14)11(3)16/h5-8,12H,4,9H2,1-3H3. The highest BCUT2D eigenvalue weighted by atomic mass is 16.1. The molecular formula is C14H18O2. The number of Topliss-reactive ketones (excluding diaryl/α,β-unsaturated/α-hetero) is 2. The van der Waals surface area contributed by atoms with E-state index in [9.17, 15) is 9.59 Å². The molecule has 1 unspecified atom stereocenters. The van der Waals surface area contributed by atoms with Crippen molar-refractivity contribution in [3.63, 3.8) is 0 Å². The average Bonchev–Trinajstić information content (AvgIpc) is 2.25. The lowest BCUT2D eigenvalue weighted by Crippen LogP contribution is -2.03. The van der Waals surface area contributed by atoms with Crippen LogP contribution in [0, 0.1) is 0 Å². The molecular weight excluding hydrogens is 200 g/mol. The molecule has 1 aromatic rings. The number of hydrogen-bond acceptors (Lipinski definition) is 2. The fourth-order valence-electron chi connectivity index (χ4n) is 1.83. The largest absolute Gasteiger partial charge is 0.300 e. The topological polar surface area (TPSA) is 34.1 Å². The first-order valence-corrected chi connectivity index (χ1v) is 5.65. The lowest BCUT2D eigenvalue weighted by molar-refractivity contribution is -0.117. The van der Waals surface area contributed by atoms with Crippen LogP contribution >= 0.6 is 0 Å². The molecule has 1 aromatic carbocycles. The Morgan fingerprint density at radius 3 is 2.06 bits per heavy atom. The van der Waals surface area contributed by atoms with E-state index in [2.05, 4.69) is 6.92 Å². The summed E-state index contributed by atoms with van der Waals surface area (Å²) in [6, 6.07) is 7.57. The van der Waals surface area contributed by atoms with Crippen LogP contribution in [0.2, 0.25) is 0 Å². The minimum absolute atomic E-state index is 0.0752. The normalized spacial score (nSPS) is 12.2. The van der Waals surface area contributed by atoms with Crippen molar-refractivity contribution in [2.45, 2.75) is 39.5 Å². The molecule has 2 nitrogen and oxygen atoms in total. The van der Waals surface area contributed by atoms with Crippen molar-refractivity contribution in [2.75, 3.05) is 0 Å². The Labute approximate surface area is 96.7 Å². The van der Waals surface area contributed by atoms with Crippen molar-refractivity contribution in [3.05, 3.63) is 35.4 Å². The van der Waals surface area contributed by atoms with Gasteiger partial charge in [-0.25, -0.2) is 0 Å². The van der Waals surface area contributed by atoms with E-state index in [1.165, 1.54) is 0 Å². The maximum Gasteiger partial charge on any atom is 0.159 e. The molecule has 0 aliphatic rings. The molecule has 1 atom stereocenters. The maximum absolute atomic E-state index is 11.1. The SMILES string of the molecule is CCC(CC(C)=O)c1ccc(C(C)=O)cc1. The van der Waals surface area contributed by atoms with Gasteiger partial charge in [0.2, 0.25) is 0 Å². The van der Waals surface area contributed by atoms with Crippen LogP contribution in [-0.2, 0) is 4.79 Å². The van der Waals surface area contributed by atoms with Gasteiger partial charge in [-0.1, -0.05) is 31.2 Å². The summed E-state index contributed by atoms with van der Waals surface area (Å²) in [5.74, 6) is 0.562. The summed E-state index contributed by atoms with van der Waals surface area (Å²) in [5.41, 5.74) is 1.86. The number of carbonyl (C=O) groups is 2. The molecule has 0 amide bonds. The summed E-state index contributed by atoms with van der Waals surface area (Å²) in [5, 5.41) is 0. The molecule has 0 bridgehead atoms. The number of carbonyl (C=O) groups excluding carboxylic acids is 2. The van der Waals surface area contributed by atoms with Gasteiger partial charge in [0, 0.05) is 12.0 Å². The summed E-state index contributed by atoms with van der Waals surface area (Å²) in [4.78, 5) is 22.2. The Balaban J connectivity index is 2.86. The molecule has 1 rings (SSSR count). The molecule has 0 saturated carbocycles. The molecule has 2 heteroatoms. The minimum atomic E-state index is 0.0752. The Morgan fingerprint density at radius 2 is 1.69 bits per heavy atom. The van der Waals surface area contributed by atoms with Gasteiger partial charge < -0.3 is 4.79 Å². The van der Waals surface area contributed by atoms with E-state index >= 15 is 0 Å². The minimum Gasteiger partial charge on any atom is -0.300 e. The maximum atomic E-state index is 11.1. The third kappa shape index (κ3) is 3.30. The molecule has 0 aliphatic heterocycles. The van der Waals surface area contributed by atoms with Crippen molar-refractivity contribution in [2.24, 2.45) is 0 Å². The van der Waals surface area contributed by atoms with Gasteiger partial charge in [-0.15, -0.1) is 0 Å². The van der Waals surface area contributed by atoms with Crippen molar-refractivity contribution in [3.8, 4) is 0 Å². The predicted molar refractivity (Wildman–Crippen MR) is 64.8 cm³/mol. The zero-order valence-electron chi connectivity index (χ0n) is 10.1. The van der Waals surface area contributed by atoms with Crippen molar-refractivity contribution < 1.29 is 9.59 Å². The van der Waals surface area contributed by atoms with E-state index < -0.39 is 0 Å². The van der Waals surface area contributed by atoms with Crippen molar-refractivity contribution in [1.29, 1.82) is 0 Å². The Bertz CT molecular complexity index is 376. The van der Waals surface area contributed by atoms with Gasteiger partial charge in [0.1, 0.15) is 5.78 Å². The molecule has 16 heavy (non-hydrogen) atoms. The van der Waals surface area contributed by atoms with Gasteiger partial charge in [-0.3, -0.25) is 4.79 Å². The molecule has 0 N–H and O–H groups in total. The highest BCUT2D eigenvalue weighted by Crippen LogP contribution is 2.23. The quantitative estimate of drug-likeness (QED) is 0.710. The van der Waals surface area contributed by atoms with Crippen LogP contribution in [0.4, 0.5) is 0 Å². The van der Waals surface area contributed by atoms with Crippen LogP contribution in [0.15, 0.2) is 24.3 Å². The first-order valence-electron chi connectivity index (χ1n) is 5.65. The first-order chi connectivity index (χ1) is 7.54. The molecule has 0 spiro atoms. The number of rotatable bonds is 5. The van der Waals surface area contributed by atoms with E-state index in [1.807, 2.05) is 24.3 Å². The van der Waals surface area contributed by atoms with Crippen LogP contribution in [0.25, 0.3) is 0 Å². The van der Waals surface area contributed by atoms with Gasteiger partial charge in [-0.05, 0) is 31.7 Å². The molecule has 0 saturated heterocycles. The monoisotopic (exact) mass is 218 g/mol. The lowest BCUT2D eigenvalue weighted by atomic mass is 9.91. The van der Waals surface area contributed by atoms with Crippen LogP contribution < -0.4 is 0 Å². The molecule has 0 aliphatic carbocycles. The average molecular weight is 218 g/mol. The third-order valence-corrected chi connectivity index (χ3v) is 2.82. The van der Waals surface area contributed by atoms with E-state index in [1.54, 1.807) is 13.8 Å². The lowest BCUT2D eigenvalue weighted by Gasteiger charge is -2.13. The number of benzene rings is 1. The Hall–Kier alpha value is -1.44. The van der Waals surface area contributed by atoms with Gasteiger partial charge in [0.25, 0.3) is 0 Å². The fraction of sp³-hybridized carbons (Fsp3) is 0.429. The van der Waals surface area contributed by atoms with E-state index in [-0.39, 0.29) is 17.5 Å². The van der Waals surface area contributed by atoms with Crippen LogP contribution in [0.3, 0.4) is 0 Å². The van der Waals surface area contributed by atoms with E-state index in [0.717, 1.165) is 17.5 Å². The van der Waals surface area contributed by atoms with Gasteiger partial charge in [0.15, 0.2) is 5.78 Å². The predicted octanol–water partition coefficient (Wildman–Crippen LogP) is 3.36. The summed E-state index contributed by atoms with van der Waals surface area (Å²) >= 11 is 0. The van der Waals surface area contributed by atoms with Crippen LogP contribution in [0.1, 0.15) is 55.5 Å². The van der Waals surface area contributed by atoms with E-state index in [0.29, 0.717) is 6.42 Å². The zero-order valence-corrected chi connectivity index (χ0v) is 10.1. The smallest absolute Gasteiger partial charge is 0.159 e. The summed E-state index contributed by atoms with van der Waals surface area (Å²) < 4.78 is 0. The summed E-state index contributed by atoms with van der Waals surface area (Å²) in [6.45, 7) is 5.25. The van der Waals surface area contributed by atoms with Crippen molar-refractivity contribution >= 4 is 11.6 Å². The number of ketones is 2. The van der Waals surface area contributed by atoms with Crippen LogP contribution in [0.5, 0.6) is 0 Å². The summed E-state index contributed by atoms with van der Waals surface area (Å²) in [7, 11) is 0. The second kappa shape index (κ2) is 5.59. The highest BCUT2D eigenvalue weighted by molar-refractivity contribution is 5.94. The number of hydrogen-bond donors (Lipinski definition) is 0. The Kier molecular flexibility index (Phi) is 4.41. The first kappa shape index (κ1) is 12.6. The molecule has 0 fully saturated rings. The molecule has 0 radical (unpaired) electrons. The highest BCUT2D eigenvalue weighted by Gasteiger charge is 2.11. The zero-order chi connectivity index (χ0) is 12.1. The molecule has 86 valence electrons. The van der Waals surface area contributed by atoms with E-state index in [4.69, 9.17) is 0 Å². The van der Waals surface area contributed by atoms with Gasteiger partial charge in [0.05, 0.1) is 0 Å². The summed E-state index contributed by atoms with van der Waals surface area (Å²) in [6.07, 6.45) is 1.52. The van der Waals surface area contributed by atoms with Crippen LogP contribution in [-0.4, -0.2) is 11.6 Å². The van der Waals surface area contributed by atoms with Crippen molar-refractivity contribution in [1.82, 2.24) is 0 Å². The second-order valence-electron chi connectivity index (χ2n) is 4.19.